The Balaban J connectivity index is 2.33. The van der Waals surface area contributed by atoms with Crippen LogP contribution in [0.5, 0.6) is 0 Å². The fraction of sp³-hybridized carbons (Fsp3) is 0.308. The highest BCUT2D eigenvalue weighted by Gasteiger charge is 2.13. The van der Waals surface area contributed by atoms with Gasteiger partial charge in [0.05, 0.1) is 18.5 Å². The van der Waals surface area contributed by atoms with Gasteiger partial charge in [0.15, 0.2) is 0 Å². The van der Waals surface area contributed by atoms with Gasteiger partial charge < -0.3 is 10.1 Å². The van der Waals surface area contributed by atoms with Crippen LogP contribution < -0.4 is 0 Å². The third-order valence-corrected chi connectivity index (χ3v) is 3.55. The number of aromatic amines is 1. The molecule has 0 aliphatic heterocycles. The Hall–Kier alpha value is -1.13. The van der Waals surface area contributed by atoms with Gasteiger partial charge in [0.1, 0.15) is 5.82 Å². The number of nitrogens with zero attached hydrogens (tertiary/aromatic N) is 1. The van der Waals surface area contributed by atoms with E-state index in [-0.39, 0.29) is 12.5 Å². The molecule has 90 valence electrons. The molecule has 0 aliphatic rings. The van der Waals surface area contributed by atoms with Gasteiger partial charge >= 0.3 is 0 Å². The van der Waals surface area contributed by atoms with Crippen LogP contribution in [-0.2, 0) is 0 Å². The van der Waals surface area contributed by atoms with Crippen LogP contribution in [0, 0.1) is 0 Å². The molecule has 0 bridgehead atoms. The van der Waals surface area contributed by atoms with E-state index in [1.807, 2.05) is 37.4 Å². The Morgan fingerprint density at radius 3 is 2.82 bits per heavy atom. The van der Waals surface area contributed by atoms with Crippen LogP contribution in [0.2, 0.25) is 0 Å². The van der Waals surface area contributed by atoms with Crippen molar-refractivity contribution in [3.05, 3.63) is 40.8 Å². The molecule has 2 rings (SSSR count). The SMILES string of the molecule is CCC(CO)c1ncc(-c2ccccc2Br)[nH]1. The molecule has 1 atom stereocenters. The number of H-pyrrole nitrogens is 1. The summed E-state index contributed by atoms with van der Waals surface area (Å²) in [6, 6.07) is 8.00. The smallest absolute Gasteiger partial charge is 0.111 e. The number of hydrogen-bond donors (Lipinski definition) is 2. The van der Waals surface area contributed by atoms with Crippen LogP contribution in [0.4, 0.5) is 0 Å². The second-order valence-electron chi connectivity index (χ2n) is 3.95. The van der Waals surface area contributed by atoms with Crippen LogP contribution in [0.1, 0.15) is 25.1 Å². The van der Waals surface area contributed by atoms with Gasteiger partial charge in [-0.1, -0.05) is 41.1 Å². The van der Waals surface area contributed by atoms with E-state index in [4.69, 9.17) is 0 Å². The third kappa shape index (κ3) is 2.58. The number of halogens is 1. The molecule has 3 nitrogen and oxygen atoms in total. The summed E-state index contributed by atoms with van der Waals surface area (Å²) < 4.78 is 1.03. The minimum atomic E-state index is 0.0891. The zero-order valence-electron chi connectivity index (χ0n) is 9.65. The molecule has 2 aromatic rings. The first-order chi connectivity index (χ1) is 8.26. The van der Waals surface area contributed by atoms with E-state index in [0.717, 1.165) is 28.0 Å². The summed E-state index contributed by atoms with van der Waals surface area (Å²) in [5, 5.41) is 9.24. The van der Waals surface area contributed by atoms with E-state index in [1.54, 1.807) is 0 Å². The van der Waals surface area contributed by atoms with E-state index < -0.39 is 0 Å². The highest BCUT2D eigenvalue weighted by atomic mass is 79.9. The van der Waals surface area contributed by atoms with Crippen LogP contribution in [0.25, 0.3) is 11.3 Å². The average molecular weight is 295 g/mol. The van der Waals surface area contributed by atoms with Crippen molar-refractivity contribution >= 4 is 15.9 Å². The molecule has 17 heavy (non-hydrogen) atoms. The molecule has 1 heterocycles. The maximum absolute atomic E-state index is 9.24. The van der Waals surface area contributed by atoms with Gasteiger partial charge in [-0.15, -0.1) is 0 Å². The first-order valence-electron chi connectivity index (χ1n) is 5.67. The second kappa shape index (κ2) is 5.47. The summed E-state index contributed by atoms with van der Waals surface area (Å²) in [5.41, 5.74) is 2.05. The van der Waals surface area contributed by atoms with Gasteiger partial charge in [-0.2, -0.15) is 0 Å². The Kier molecular flexibility index (Phi) is 3.97. The first kappa shape index (κ1) is 12.3. The Morgan fingerprint density at radius 1 is 1.41 bits per heavy atom. The van der Waals surface area contributed by atoms with E-state index in [0.29, 0.717) is 0 Å². The molecule has 0 aliphatic carbocycles. The second-order valence-corrected chi connectivity index (χ2v) is 4.80. The molecule has 1 unspecified atom stereocenters. The van der Waals surface area contributed by atoms with Crippen molar-refractivity contribution < 1.29 is 5.11 Å². The van der Waals surface area contributed by atoms with Crippen LogP contribution in [0.3, 0.4) is 0 Å². The monoisotopic (exact) mass is 294 g/mol. The lowest BCUT2D eigenvalue weighted by molar-refractivity contribution is 0.258. The highest BCUT2D eigenvalue weighted by Crippen LogP contribution is 2.27. The van der Waals surface area contributed by atoms with Gasteiger partial charge in [0.2, 0.25) is 0 Å². The van der Waals surface area contributed by atoms with Gasteiger partial charge in [-0.25, -0.2) is 4.98 Å². The van der Waals surface area contributed by atoms with Crippen LogP contribution in [-0.4, -0.2) is 21.7 Å². The normalized spacial score (nSPS) is 12.6. The lowest BCUT2D eigenvalue weighted by atomic mass is 10.1. The molecule has 0 amide bonds. The minimum absolute atomic E-state index is 0.0891. The molecule has 0 fully saturated rings. The van der Waals surface area contributed by atoms with E-state index >= 15 is 0 Å². The lowest BCUT2D eigenvalue weighted by Gasteiger charge is -2.07. The van der Waals surface area contributed by atoms with Gasteiger partial charge in [-0.05, 0) is 12.5 Å². The quantitative estimate of drug-likeness (QED) is 0.909. The maximum Gasteiger partial charge on any atom is 0.111 e. The predicted molar refractivity (Wildman–Crippen MR) is 71.8 cm³/mol. The average Bonchev–Trinajstić information content (AvgIpc) is 2.81. The lowest BCUT2D eigenvalue weighted by Crippen LogP contribution is -2.04. The zero-order valence-corrected chi connectivity index (χ0v) is 11.2. The Bertz CT molecular complexity index is 492. The van der Waals surface area contributed by atoms with E-state index in [9.17, 15) is 5.11 Å². The number of aliphatic hydroxyl groups excluding tert-OH is 1. The van der Waals surface area contributed by atoms with E-state index in [2.05, 4.69) is 25.9 Å². The summed E-state index contributed by atoms with van der Waals surface area (Å²) in [5.74, 6) is 0.937. The summed E-state index contributed by atoms with van der Waals surface area (Å²) >= 11 is 3.52. The molecule has 0 spiro atoms. The van der Waals surface area contributed by atoms with Gasteiger partial charge in [0.25, 0.3) is 0 Å². The highest BCUT2D eigenvalue weighted by molar-refractivity contribution is 9.10. The Morgan fingerprint density at radius 2 is 2.18 bits per heavy atom. The van der Waals surface area contributed by atoms with Crippen molar-refractivity contribution in [1.82, 2.24) is 9.97 Å². The summed E-state index contributed by atoms with van der Waals surface area (Å²) in [6.07, 6.45) is 2.69. The largest absolute Gasteiger partial charge is 0.396 e. The topological polar surface area (TPSA) is 48.9 Å². The maximum atomic E-state index is 9.24. The fourth-order valence-electron chi connectivity index (χ4n) is 1.77. The molecule has 4 heteroatoms. The number of benzene rings is 1. The molecule has 0 radical (unpaired) electrons. The van der Waals surface area contributed by atoms with Crippen LogP contribution in [0.15, 0.2) is 34.9 Å². The fourth-order valence-corrected chi connectivity index (χ4v) is 2.27. The number of rotatable bonds is 4. The molecule has 1 aromatic carbocycles. The standard InChI is InChI=1S/C13H15BrN2O/c1-2-9(8-17)13-15-7-12(16-13)10-5-3-4-6-11(10)14/h3-7,9,17H,2,8H2,1H3,(H,15,16). The summed E-state index contributed by atoms with van der Waals surface area (Å²) in [7, 11) is 0. The van der Waals surface area contributed by atoms with Crippen LogP contribution >= 0.6 is 15.9 Å². The number of hydrogen-bond acceptors (Lipinski definition) is 2. The van der Waals surface area contributed by atoms with Crippen molar-refractivity contribution in [1.29, 1.82) is 0 Å². The molecule has 0 saturated heterocycles. The number of imidazole rings is 1. The molecule has 0 saturated carbocycles. The van der Waals surface area contributed by atoms with Crippen molar-refractivity contribution in [3.8, 4) is 11.3 Å². The van der Waals surface area contributed by atoms with Gasteiger partial charge in [-0.3, -0.25) is 0 Å². The minimum Gasteiger partial charge on any atom is -0.396 e. The van der Waals surface area contributed by atoms with E-state index in [1.165, 1.54) is 0 Å². The van der Waals surface area contributed by atoms with Crippen molar-refractivity contribution in [3.63, 3.8) is 0 Å². The number of aliphatic hydroxyl groups is 1. The van der Waals surface area contributed by atoms with Crippen molar-refractivity contribution in [2.75, 3.05) is 6.61 Å². The van der Waals surface area contributed by atoms with Crippen molar-refractivity contribution in [2.24, 2.45) is 0 Å². The molecule has 2 N–H and O–H groups in total. The molecule has 1 aromatic heterocycles. The van der Waals surface area contributed by atoms with Crippen molar-refractivity contribution in [2.45, 2.75) is 19.3 Å². The number of aromatic nitrogens is 2. The third-order valence-electron chi connectivity index (χ3n) is 2.86. The first-order valence-corrected chi connectivity index (χ1v) is 6.46. The zero-order chi connectivity index (χ0) is 12.3. The molecular formula is C13H15BrN2O. The van der Waals surface area contributed by atoms with Gasteiger partial charge in [0, 0.05) is 16.0 Å². The Labute approximate surface area is 109 Å². The number of nitrogens with one attached hydrogen (secondary N) is 1. The molecular weight excluding hydrogens is 280 g/mol. The predicted octanol–water partition coefficient (Wildman–Crippen LogP) is 3.33. The summed E-state index contributed by atoms with van der Waals surface area (Å²) in [4.78, 5) is 7.61. The summed E-state index contributed by atoms with van der Waals surface area (Å²) in [6.45, 7) is 2.17.